The molecule has 0 aromatic carbocycles. The van der Waals surface area contributed by atoms with Crippen molar-refractivity contribution in [1.82, 2.24) is 5.32 Å². The van der Waals surface area contributed by atoms with Crippen LogP contribution in [0, 0.1) is 11.8 Å². The maximum atomic E-state index is 12.2. The van der Waals surface area contributed by atoms with E-state index in [4.69, 9.17) is 19.7 Å². The lowest BCUT2D eigenvalue weighted by Gasteiger charge is -2.19. The molecule has 0 spiro atoms. The predicted molar refractivity (Wildman–Crippen MR) is 170 cm³/mol. The number of carbonyl (C=O) groups excluding carboxylic acids is 1. The molecule has 1 saturated heterocycles. The first kappa shape index (κ1) is 29.1. The van der Waals surface area contributed by atoms with Crippen molar-refractivity contribution in [2.75, 3.05) is 7.11 Å². The molecule has 8 nitrogen and oxygen atoms in total. The molecule has 224 valence electrons. The summed E-state index contributed by atoms with van der Waals surface area (Å²) in [6.07, 6.45) is 8.16. The molecule has 1 saturated carbocycles. The lowest BCUT2D eigenvalue weighted by Crippen LogP contribution is -2.23. The van der Waals surface area contributed by atoms with Gasteiger partial charge >= 0.3 is 5.97 Å². The van der Waals surface area contributed by atoms with Crippen LogP contribution in [0.1, 0.15) is 74.1 Å². The Bertz CT molecular complexity index is 1720. The highest BCUT2D eigenvalue weighted by molar-refractivity contribution is 6.22. The standard InChI is InChI=1S/C35H40N4O4/c1-9-21-16(2)24-14-29-31(20(6)40)18(4)26(37-29)12-25-17(3)22(10-11-30(41)43-8)33(38-25)23-15-35(7,42)32-19(5)27(39-34(23)32)13-28(21)36-24/h12-14,17,22,38,40,42H,9-11,15H2,1-8H3/b24-14?,25-12?,27-13?,31-20-,33-23?/t17-,22-,35?/m0/s1. The summed E-state index contributed by atoms with van der Waals surface area (Å²) in [5.74, 6) is -0.0108. The minimum Gasteiger partial charge on any atom is -0.512 e. The fourth-order valence-corrected chi connectivity index (χ4v) is 7.42. The van der Waals surface area contributed by atoms with Gasteiger partial charge in [0.2, 0.25) is 0 Å². The van der Waals surface area contributed by atoms with Gasteiger partial charge in [0.25, 0.3) is 0 Å². The Morgan fingerprint density at radius 1 is 1.07 bits per heavy atom. The van der Waals surface area contributed by atoms with Crippen molar-refractivity contribution in [3.05, 3.63) is 91.5 Å². The summed E-state index contributed by atoms with van der Waals surface area (Å²) in [4.78, 5) is 27.4. The van der Waals surface area contributed by atoms with Gasteiger partial charge < -0.3 is 20.3 Å². The van der Waals surface area contributed by atoms with Crippen molar-refractivity contribution in [3.63, 3.8) is 0 Å². The van der Waals surface area contributed by atoms with Crippen LogP contribution >= 0.6 is 0 Å². The molecule has 0 radical (unpaired) electrons. The molecule has 0 amide bonds. The Balaban J connectivity index is 1.63. The van der Waals surface area contributed by atoms with Gasteiger partial charge in [0, 0.05) is 52.8 Å². The molecule has 3 N–H and O–H groups in total. The molecule has 6 rings (SSSR count). The minimum absolute atomic E-state index is 0.0117. The molecule has 0 aromatic rings. The van der Waals surface area contributed by atoms with E-state index in [0.29, 0.717) is 24.1 Å². The van der Waals surface area contributed by atoms with E-state index in [9.17, 15) is 15.0 Å². The maximum Gasteiger partial charge on any atom is 0.305 e. The lowest BCUT2D eigenvalue weighted by atomic mass is 9.86. The first-order valence-corrected chi connectivity index (χ1v) is 15.1. The zero-order valence-electron chi connectivity index (χ0n) is 26.3. The number of nitrogens with one attached hydrogen (secondary N) is 1. The van der Waals surface area contributed by atoms with Crippen LogP contribution < -0.4 is 5.32 Å². The van der Waals surface area contributed by atoms with Crippen LogP contribution in [-0.2, 0) is 9.53 Å². The summed E-state index contributed by atoms with van der Waals surface area (Å²) < 4.78 is 4.98. The van der Waals surface area contributed by atoms with E-state index in [1.165, 1.54) is 7.11 Å². The molecule has 43 heavy (non-hydrogen) atoms. The van der Waals surface area contributed by atoms with Crippen LogP contribution in [0.2, 0.25) is 0 Å². The van der Waals surface area contributed by atoms with Crippen LogP contribution in [-0.4, -0.2) is 46.0 Å². The normalized spacial score (nSPS) is 29.0. The second-order valence-corrected chi connectivity index (χ2v) is 12.5. The van der Waals surface area contributed by atoms with Crippen molar-refractivity contribution in [3.8, 4) is 0 Å². The molecule has 8 bridgehead atoms. The summed E-state index contributed by atoms with van der Waals surface area (Å²) >= 11 is 0. The summed E-state index contributed by atoms with van der Waals surface area (Å²) in [6.45, 7) is 13.9. The Kier molecular flexibility index (Phi) is 6.96. The van der Waals surface area contributed by atoms with E-state index in [-0.39, 0.29) is 30.0 Å². The van der Waals surface area contributed by atoms with Gasteiger partial charge in [-0.25, -0.2) is 15.0 Å². The highest BCUT2D eigenvalue weighted by atomic mass is 16.5. The fourth-order valence-electron chi connectivity index (χ4n) is 7.42. The molecule has 5 aliphatic heterocycles. The maximum absolute atomic E-state index is 12.2. The van der Waals surface area contributed by atoms with E-state index in [0.717, 1.165) is 79.8 Å². The number of hydrogen-bond donors (Lipinski definition) is 3. The number of allylic oxidation sites excluding steroid dienone is 11. The summed E-state index contributed by atoms with van der Waals surface area (Å²) in [5, 5.41) is 26.2. The smallest absolute Gasteiger partial charge is 0.305 e. The highest BCUT2D eigenvalue weighted by Crippen LogP contribution is 2.49. The molecule has 8 heteroatoms. The predicted octanol–water partition coefficient (Wildman–Crippen LogP) is 6.38. The number of esters is 1. The summed E-state index contributed by atoms with van der Waals surface area (Å²) in [7, 11) is 1.41. The molecule has 3 atom stereocenters. The minimum atomic E-state index is -1.08. The third-order valence-electron chi connectivity index (χ3n) is 9.73. The topological polar surface area (TPSA) is 116 Å². The van der Waals surface area contributed by atoms with Gasteiger partial charge in [-0.2, -0.15) is 0 Å². The Hall–Kier alpha value is -4.04. The van der Waals surface area contributed by atoms with E-state index >= 15 is 0 Å². The Labute approximate surface area is 253 Å². The highest BCUT2D eigenvalue weighted by Gasteiger charge is 2.48. The van der Waals surface area contributed by atoms with Crippen molar-refractivity contribution in [2.24, 2.45) is 26.8 Å². The second-order valence-electron chi connectivity index (χ2n) is 12.5. The number of fused-ring (bicyclic) bond motifs is 5. The van der Waals surface area contributed by atoms with Crippen LogP contribution in [0.15, 0.2) is 106 Å². The SMILES string of the molecule is CCC1=C(C)C2=CC3=NC(=C(C)/C3=C(\C)O)C=C3NC(=C4CC(C)(O)C5=C(C)C(=CC1=N2)N=C45)[C@@H](CCC(=O)OC)[C@@H]3C. The number of carbonyl (C=O) groups is 1. The Morgan fingerprint density at radius 2 is 1.77 bits per heavy atom. The van der Waals surface area contributed by atoms with Crippen LogP contribution in [0.5, 0.6) is 0 Å². The molecule has 5 heterocycles. The monoisotopic (exact) mass is 580 g/mol. The molecular formula is C35H40N4O4. The zero-order chi connectivity index (χ0) is 31.0. The summed E-state index contributed by atoms with van der Waals surface area (Å²) in [6, 6.07) is 0. The molecule has 2 fully saturated rings. The average molecular weight is 581 g/mol. The van der Waals surface area contributed by atoms with Crippen molar-refractivity contribution >= 4 is 23.1 Å². The van der Waals surface area contributed by atoms with Gasteiger partial charge in [0.1, 0.15) is 0 Å². The van der Waals surface area contributed by atoms with E-state index < -0.39 is 5.60 Å². The number of ether oxygens (including phenoxy) is 1. The fraction of sp³-hybridized carbons (Fsp3) is 0.429. The first-order valence-electron chi connectivity index (χ1n) is 15.1. The van der Waals surface area contributed by atoms with E-state index in [1.807, 2.05) is 32.9 Å². The zero-order valence-corrected chi connectivity index (χ0v) is 26.3. The number of nitrogens with zero attached hydrogens (tertiary/aromatic N) is 3. The molecule has 0 aromatic heterocycles. The number of aliphatic hydroxyl groups excluding tert-OH is 1. The second kappa shape index (κ2) is 10.3. The van der Waals surface area contributed by atoms with E-state index in [2.05, 4.69) is 32.2 Å². The molecular weight excluding hydrogens is 540 g/mol. The number of hydrogen-bond acceptors (Lipinski definition) is 8. The number of methoxy groups -OCH3 is 1. The Morgan fingerprint density at radius 3 is 2.44 bits per heavy atom. The lowest BCUT2D eigenvalue weighted by molar-refractivity contribution is -0.140. The van der Waals surface area contributed by atoms with Crippen LogP contribution in [0.4, 0.5) is 0 Å². The average Bonchev–Trinajstić information content (AvgIpc) is 3.68. The number of aliphatic hydroxyl groups is 2. The van der Waals surface area contributed by atoms with Gasteiger partial charge in [-0.15, -0.1) is 0 Å². The van der Waals surface area contributed by atoms with Gasteiger partial charge in [0.15, 0.2) is 0 Å². The van der Waals surface area contributed by atoms with Crippen LogP contribution in [0.3, 0.4) is 0 Å². The van der Waals surface area contributed by atoms with Gasteiger partial charge in [-0.1, -0.05) is 13.8 Å². The molecule has 6 aliphatic rings. The van der Waals surface area contributed by atoms with Crippen molar-refractivity contribution in [1.29, 1.82) is 0 Å². The van der Waals surface area contributed by atoms with Gasteiger partial charge in [-0.3, -0.25) is 4.79 Å². The molecule has 1 unspecified atom stereocenters. The van der Waals surface area contributed by atoms with Gasteiger partial charge in [-0.05, 0) is 88.0 Å². The largest absolute Gasteiger partial charge is 0.512 e. The number of aliphatic imine (C=N–C) groups is 3. The van der Waals surface area contributed by atoms with Crippen molar-refractivity contribution in [2.45, 2.75) is 79.8 Å². The van der Waals surface area contributed by atoms with E-state index in [1.54, 1.807) is 6.92 Å². The third kappa shape index (κ3) is 4.54. The molecule has 1 aliphatic carbocycles. The van der Waals surface area contributed by atoms with Crippen LogP contribution in [0.25, 0.3) is 0 Å². The quantitative estimate of drug-likeness (QED) is 0.264. The first-order chi connectivity index (χ1) is 20.4. The van der Waals surface area contributed by atoms with Crippen molar-refractivity contribution < 1.29 is 19.7 Å². The van der Waals surface area contributed by atoms with Gasteiger partial charge in [0.05, 0.1) is 52.7 Å². The third-order valence-corrected chi connectivity index (χ3v) is 9.73. The summed E-state index contributed by atoms with van der Waals surface area (Å²) in [5.41, 5.74) is 12.2. The number of rotatable bonds is 4.